The summed E-state index contributed by atoms with van der Waals surface area (Å²) in [7, 11) is 0. The molecule has 0 unspecified atom stereocenters. The highest BCUT2D eigenvalue weighted by Crippen LogP contribution is 2.26. The van der Waals surface area contributed by atoms with Crippen LogP contribution in [0.5, 0.6) is 0 Å². The molecule has 3 rings (SSSR count). The Kier molecular flexibility index (Phi) is 7.90. The summed E-state index contributed by atoms with van der Waals surface area (Å²) in [6, 6.07) is 13.0. The predicted octanol–water partition coefficient (Wildman–Crippen LogP) is 5.97. The van der Waals surface area contributed by atoms with Crippen molar-refractivity contribution in [3.63, 3.8) is 0 Å². The average molecular weight is 496 g/mol. The van der Waals surface area contributed by atoms with Crippen molar-refractivity contribution in [2.45, 2.75) is 60.0 Å². The molecule has 0 aliphatic carbocycles. The number of aryl methyl sites for hydroxylation is 2. The first-order valence-electron chi connectivity index (χ1n) is 11.7. The van der Waals surface area contributed by atoms with Gasteiger partial charge >= 0.3 is 6.03 Å². The molecule has 0 saturated heterocycles. The highest BCUT2D eigenvalue weighted by Gasteiger charge is 2.25. The molecule has 0 saturated carbocycles. The first kappa shape index (κ1) is 26.3. The molecule has 8 heteroatoms. The molecule has 0 bridgehead atoms. The fraction of sp³-hybridized carbons (Fsp3) is 0.370. The summed E-state index contributed by atoms with van der Waals surface area (Å²) in [4.78, 5) is 32.1. The van der Waals surface area contributed by atoms with E-state index in [9.17, 15) is 9.59 Å². The van der Waals surface area contributed by atoms with Crippen molar-refractivity contribution in [2.75, 3.05) is 11.9 Å². The normalized spacial score (nSPS) is 11.5. The zero-order chi connectivity index (χ0) is 25.9. The maximum atomic E-state index is 13.1. The van der Waals surface area contributed by atoms with Crippen LogP contribution in [-0.4, -0.2) is 44.5 Å². The Hall–Kier alpha value is -3.32. The van der Waals surface area contributed by atoms with Crippen LogP contribution in [0.4, 0.5) is 10.7 Å². The van der Waals surface area contributed by atoms with Gasteiger partial charge in [-0.25, -0.2) is 9.78 Å². The number of carbonyl (C=O) groups excluding carboxylic acids is 2. The van der Waals surface area contributed by atoms with E-state index in [1.807, 2.05) is 76.6 Å². The smallest absolute Gasteiger partial charge is 0.318 e. The minimum Gasteiger partial charge on any atom is -0.333 e. The highest BCUT2D eigenvalue weighted by molar-refractivity contribution is 6.30. The van der Waals surface area contributed by atoms with Crippen LogP contribution in [0, 0.1) is 13.8 Å². The summed E-state index contributed by atoms with van der Waals surface area (Å²) in [6.45, 7) is 13.5. The Labute approximate surface area is 212 Å². The monoisotopic (exact) mass is 495 g/mol. The van der Waals surface area contributed by atoms with Crippen molar-refractivity contribution in [1.82, 2.24) is 19.8 Å². The molecule has 2 aromatic carbocycles. The number of rotatable bonds is 6. The van der Waals surface area contributed by atoms with Gasteiger partial charge in [0.15, 0.2) is 0 Å². The lowest BCUT2D eigenvalue weighted by molar-refractivity contribution is -0.117. The van der Waals surface area contributed by atoms with Gasteiger partial charge in [-0.15, -0.1) is 0 Å². The van der Waals surface area contributed by atoms with E-state index in [4.69, 9.17) is 16.6 Å². The molecule has 1 aromatic heterocycles. The second-order valence-electron chi connectivity index (χ2n) is 10.0. The zero-order valence-corrected chi connectivity index (χ0v) is 22.2. The molecule has 0 atom stereocenters. The number of imidazole rings is 1. The van der Waals surface area contributed by atoms with Gasteiger partial charge in [-0.3, -0.25) is 14.7 Å². The van der Waals surface area contributed by atoms with E-state index >= 15 is 0 Å². The number of anilines is 1. The number of amides is 3. The highest BCUT2D eigenvalue weighted by atomic mass is 35.5. The van der Waals surface area contributed by atoms with Crippen molar-refractivity contribution in [1.29, 1.82) is 0 Å². The lowest BCUT2D eigenvalue weighted by atomic mass is 10.1. The quantitative estimate of drug-likeness (QED) is 0.442. The molecule has 0 fully saturated rings. The van der Waals surface area contributed by atoms with Gasteiger partial charge in [0.05, 0.1) is 5.69 Å². The fourth-order valence-electron chi connectivity index (χ4n) is 3.50. The van der Waals surface area contributed by atoms with Gasteiger partial charge in [0.1, 0.15) is 6.54 Å². The third-order valence-corrected chi connectivity index (χ3v) is 5.80. The third-order valence-electron chi connectivity index (χ3n) is 5.55. The average Bonchev–Trinajstić information content (AvgIpc) is 3.16. The van der Waals surface area contributed by atoms with Crippen molar-refractivity contribution < 1.29 is 9.59 Å². The number of nitrogens with one attached hydrogen (secondary N) is 2. The number of hydrogen-bond donors (Lipinski definition) is 2. The number of urea groups is 1. The fourth-order valence-corrected chi connectivity index (χ4v) is 3.63. The Bertz CT molecular complexity index is 1210. The van der Waals surface area contributed by atoms with E-state index in [-0.39, 0.29) is 24.5 Å². The van der Waals surface area contributed by atoms with Crippen LogP contribution >= 0.6 is 11.6 Å². The molecule has 35 heavy (non-hydrogen) atoms. The first-order chi connectivity index (χ1) is 16.3. The van der Waals surface area contributed by atoms with Crippen LogP contribution in [0.3, 0.4) is 0 Å². The van der Waals surface area contributed by atoms with Crippen LogP contribution < -0.4 is 10.6 Å². The number of hydrogen-bond acceptors (Lipinski definition) is 3. The SMILES string of the molecule is Cc1ccc(-n2cc(-c3ccc(Cl)cc3)nc2NC(=O)CN(C(=O)NC(C)(C)C)C(C)C)cc1C. The molecule has 0 radical (unpaired) electrons. The van der Waals surface area contributed by atoms with Gasteiger partial charge < -0.3 is 10.2 Å². The Morgan fingerprint density at radius 2 is 1.71 bits per heavy atom. The van der Waals surface area contributed by atoms with Gasteiger partial charge in [0.2, 0.25) is 11.9 Å². The van der Waals surface area contributed by atoms with Crippen molar-refractivity contribution in [2.24, 2.45) is 0 Å². The first-order valence-corrected chi connectivity index (χ1v) is 12.0. The Morgan fingerprint density at radius 3 is 2.29 bits per heavy atom. The van der Waals surface area contributed by atoms with Gasteiger partial charge in [0, 0.05) is 34.1 Å². The standard InChI is InChI=1S/C27H34ClN5O2/c1-17(2)32(26(35)31-27(5,6)7)16-24(34)30-25-29-23(20-9-11-21(28)12-10-20)15-33(25)22-13-8-18(3)19(4)14-22/h8-15,17H,16H2,1-7H3,(H,31,35)(H,29,30,34). The van der Waals surface area contributed by atoms with Crippen LogP contribution in [0.1, 0.15) is 45.7 Å². The number of aromatic nitrogens is 2. The zero-order valence-electron chi connectivity index (χ0n) is 21.4. The number of carbonyl (C=O) groups is 2. The summed E-state index contributed by atoms with van der Waals surface area (Å²) < 4.78 is 1.85. The van der Waals surface area contributed by atoms with Crippen molar-refractivity contribution >= 4 is 29.5 Å². The van der Waals surface area contributed by atoms with Gasteiger partial charge in [0.25, 0.3) is 0 Å². The van der Waals surface area contributed by atoms with E-state index in [2.05, 4.69) is 23.6 Å². The molecule has 0 aliphatic heterocycles. The second-order valence-corrected chi connectivity index (χ2v) is 10.5. The van der Waals surface area contributed by atoms with Gasteiger partial charge in [-0.1, -0.05) is 29.8 Å². The van der Waals surface area contributed by atoms with Crippen LogP contribution in [0.25, 0.3) is 16.9 Å². The Balaban J connectivity index is 1.93. The van der Waals surface area contributed by atoms with Crippen molar-refractivity contribution in [3.05, 3.63) is 64.8 Å². The molecular formula is C27H34ClN5O2. The molecule has 1 heterocycles. The molecule has 7 nitrogen and oxygen atoms in total. The lowest BCUT2D eigenvalue weighted by Gasteiger charge is -2.30. The van der Waals surface area contributed by atoms with Crippen molar-refractivity contribution in [3.8, 4) is 16.9 Å². The summed E-state index contributed by atoms with van der Waals surface area (Å²) in [5, 5.41) is 6.47. The Morgan fingerprint density at radius 1 is 1.06 bits per heavy atom. The summed E-state index contributed by atoms with van der Waals surface area (Å²) in [6.07, 6.45) is 1.88. The molecule has 3 aromatic rings. The minimum atomic E-state index is -0.409. The number of nitrogens with zero attached hydrogens (tertiary/aromatic N) is 3. The van der Waals surface area contributed by atoms with Gasteiger partial charge in [-0.2, -0.15) is 0 Å². The number of halogens is 1. The van der Waals surface area contributed by atoms with E-state index in [1.165, 1.54) is 10.5 Å². The minimum absolute atomic E-state index is 0.102. The maximum Gasteiger partial charge on any atom is 0.318 e. The lowest BCUT2D eigenvalue weighted by Crippen LogP contribution is -2.52. The molecular weight excluding hydrogens is 462 g/mol. The molecule has 2 N–H and O–H groups in total. The largest absolute Gasteiger partial charge is 0.333 e. The van der Waals surface area contributed by atoms with E-state index in [1.54, 1.807) is 12.1 Å². The van der Waals surface area contributed by atoms with E-state index < -0.39 is 5.54 Å². The molecule has 186 valence electrons. The maximum absolute atomic E-state index is 13.1. The topological polar surface area (TPSA) is 79.3 Å². The van der Waals surface area contributed by atoms with Crippen LogP contribution in [-0.2, 0) is 4.79 Å². The number of benzene rings is 2. The van der Waals surface area contributed by atoms with E-state index in [0.717, 1.165) is 16.8 Å². The molecule has 3 amide bonds. The summed E-state index contributed by atoms with van der Waals surface area (Å²) in [5.74, 6) is 0.0456. The van der Waals surface area contributed by atoms with Crippen LogP contribution in [0.15, 0.2) is 48.7 Å². The predicted molar refractivity (Wildman–Crippen MR) is 142 cm³/mol. The second kappa shape index (κ2) is 10.5. The molecule has 0 spiro atoms. The third kappa shape index (κ3) is 6.85. The molecule has 0 aliphatic rings. The van der Waals surface area contributed by atoms with Gasteiger partial charge in [-0.05, 0) is 83.9 Å². The summed E-state index contributed by atoms with van der Waals surface area (Å²) >= 11 is 6.05. The van der Waals surface area contributed by atoms with Crippen LogP contribution in [0.2, 0.25) is 5.02 Å². The summed E-state index contributed by atoms with van der Waals surface area (Å²) in [5.41, 5.74) is 4.35. The van der Waals surface area contributed by atoms with E-state index in [0.29, 0.717) is 16.7 Å².